The molecule has 0 amide bonds. The molecule has 0 saturated heterocycles. The van der Waals surface area contributed by atoms with Crippen LogP contribution in [0.5, 0.6) is 11.5 Å². The number of hydrogen-bond donors (Lipinski definition) is 2. The molecule has 0 atom stereocenters. The molecule has 0 aromatic heterocycles. The molecule has 1 aliphatic heterocycles. The predicted octanol–water partition coefficient (Wildman–Crippen LogP) is 4.04. The van der Waals surface area contributed by atoms with E-state index < -0.39 is 6.29 Å². The van der Waals surface area contributed by atoms with Crippen molar-refractivity contribution in [3.8, 4) is 11.5 Å². The van der Waals surface area contributed by atoms with Crippen LogP contribution in [0, 0.1) is 0 Å². The Morgan fingerprint density at radius 3 is 2.64 bits per heavy atom. The molecule has 0 fully saturated rings. The summed E-state index contributed by atoms with van der Waals surface area (Å²) in [6, 6.07) is 11.4. The van der Waals surface area contributed by atoms with Gasteiger partial charge in [0, 0.05) is 27.7 Å². The quantitative estimate of drug-likeness (QED) is 0.585. The second kappa shape index (κ2) is 7.46. The summed E-state index contributed by atoms with van der Waals surface area (Å²) in [4.78, 5) is 0.953. The van der Waals surface area contributed by atoms with Crippen LogP contribution in [0.1, 0.15) is 25.0 Å². The van der Waals surface area contributed by atoms with Gasteiger partial charge in [-0.2, -0.15) is 0 Å². The van der Waals surface area contributed by atoms with Crippen LogP contribution in [0.2, 0.25) is 5.02 Å². The van der Waals surface area contributed by atoms with E-state index in [1.165, 1.54) is 11.8 Å². The minimum Gasteiger partial charge on any atom is -0.489 e. The number of halogens is 1. The van der Waals surface area contributed by atoms with Crippen LogP contribution in [0.4, 0.5) is 0 Å². The maximum Gasteiger partial charge on any atom is 0.160 e. The summed E-state index contributed by atoms with van der Waals surface area (Å²) in [6.07, 6.45) is -0.478. The van der Waals surface area contributed by atoms with Crippen LogP contribution in [-0.2, 0) is 13.0 Å². The molecular weight excluding hydrogens is 360 g/mol. The van der Waals surface area contributed by atoms with Crippen molar-refractivity contribution < 1.29 is 19.7 Å². The molecular formula is C19H21ClO4S. The average molecular weight is 381 g/mol. The van der Waals surface area contributed by atoms with Gasteiger partial charge in [-0.3, -0.25) is 0 Å². The Balaban J connectivity index is 1.67. The van der Waals surface area contributed by atoms with Gasteiger partial charge in [0.1, 0.15) is 23.7 Å². The van der Waals surface area contributed by atoms with E-state index in [4.69, 9.17) is 31.3 Å². The number of fused-ring (bicyclic) bond motifs is 1. The Labute approximate surface area is 156 Å². The predicted molar refractivity (Wildman–Crippen MR) is 99.6 cm³/mol. The summed E-state index contributed by atoms with van der Waals surface area (Å²) in [5, 5.41) is 18.5. The lowest BCUT2D eigenvalue weighted by Crippen LogP contribution is -2.24. The van der Waals surface area contributed by atoms with E-state index in [9.17, 15) is 0 Å². The summed E-state index contributed by atoms with van der Waals surface area (Å²) >= 11 is 7.61. The maximum atomic E-state index is 8.90. The molecule has 0 aliphatic carbocycles. The zero-order valence-corrected chi connectivity index (χ0v) is 15.7. The molecule has 134 valence electrons. The first kappa shape index (κ1) is 18.4. The molecule has 4 nitrogen and oxygen atoms in total. The first-order valence-corrected chi connectivity index (χ1v) is 9.41. The highest BCUT2D eigenvalue weighted by Crippen LogP contribution is 2.40. The Kier molecular flexibility index (Phi) is 5.49. The van der Waals surface area contributed by atoms with Gasteiger partial charge in [-0.05, 0) is 55.8 Å². The van der Waals surface area contributed by atoms with Crippen molar-refractivity contribution in [1.29, 1.82) is 0 Å². The number of rotatable bonds is 6. The largest absolute Gasteiger partial charge is 0.489 e. The van der Waals surface area contributed by atoms with Gasteiger partial charge in [-0.25, -0.2) is 0 Å². The van der Waals surface area contributed by atoms with Crippen molar-refractivity contribution in [3.05, 3.63) is 52.5 Å². The topological polar surface area (TPSA) is 58.9 Å². The summed E-state index contributed by atoms with van der Waals surface area (Å²) in [7, 11) is 0. The maximum absolute atomic E-state index is 8.90. The van der Waals surface area contributed by atoms with Crippen LogP contribution >= 0.6 is 23.4 Å². The van der Waals surface area contributed by atoms with Crippen molar-refractivity contribution in [2.75, 3.05) is 5.75 Å². The third-order valence-electron chi connectivity index (χ3n) is 3.82. The van der Waals surface area contributed by atoms with Crippen molar-refractivity contribution in [3.63, 3.8) is 0 Å². The van der Waals surface area contributed by atoms with Gasteiger partial charge in [0.05, 0.1) is 0 Å². The van der Waals surface area contributed by atoms with E-state index in [2.05, 4.69) is 13.8 Å². The van der Waals surface area contributed by atoms with Gasteiger partial charge in [-0.15, -0.1) is 11.8 Å². The Hall–Kier alpha value is -1.40. The Morgan fingerprint density at radius 2 is 1.96 bits per heavy atom. The molecule has 25 heavy (non-hydrogen) atoms. The van der Waals surface area contributed by atoms with E-state index >= 15 is 0 Å². The van der Waals surface area contributed by atoms with Crippen molar-refractivity contribution in [2.24, 2.45) is 0 Å². The van der Waals surface area contributed by atoms with Crippen LogP contribution < -0.4 is 9.47 Å². The summed E-state index contributed by atoms with van der Waals surface area (Å²) in [5.74, 6) is 1.85. The molecule has 6 heteroatoms. The van der Waals surface area contributed by atoms with Crippen LogP contribution in [0.15, 0.2) is 41.3 Å². The van der Waals surface area contributed by atoms with Gasteiger partial charge >= 0.3 is 0 Å². The number of aliphatic hydroxyl groups is 2. The summed E-state index contributed by atoms with van der Waals surface area (Å²) in [6.45, 7) is 4.50. The van der Waals surface area contributed by atoms with Gasteiger partial charge in [0.25, 0.3) is 0 Å². The number of thioether (sulfide) groups is 1. The van der Waals surface area contributed by atoms with Crippen LogP contribution in [0.3, 0.4) is 0 Å². The lowest BCUT2D eigenvalue weighted by atomic mass is 10.0. The number of hydrogen-bond acceptors (Lipinski definition) is 5. The normalized spacial score (nSPS) is 15.1. The first-order chi connectivity index (χ1) is 11.8. The van der Waals surface area contributed by atoms with Crippen LogP contribution in [0.25, 0.3) is 0 Å². The van der Waals surface area contributed by atoms with E-state index in [0.29, 0.717) is 11.6 Å². The summed E-state index contributed by atoms with van der Waals surface area (Å²) < 4.78 is 11.9. The van der Waals surface area contributed by atoms with E-state index in [0.717, 1.165) is 33.9 Å². The molecule has 2 N–H and O–H groups in total. The monoisotopic (exact) mass is 380 g/mol. The average Bonchev–Trinajstić information content (AvgIpc) is 2.85. The Morgan fingerprint density at radius 1 is 1.24 bits per heavy atom. The molecule has 2 aromatic rings. The lowest BCUT2D eigenvalue weighted by Gasteiger charge is -2.18. The number of benzene rings is 2. The van der Waals surface area contributed by atoms with Gasteiger partial charge in [0.2, 0.25) is 0 Å². The molecule has 0 radical (unpaired) electrons. The highest BCUT2D eigenvalue weighted by molar-refractivity contribution is 7.99. The highest BCUT2D eigenvalue weighted by Gasteiger charge is 2.32. The van der Waals surface area contributed by atoms with Crippen molar-refractivity contribution in [1.82, 2.24) is 0 Å². The minimum atomic E-state index is -1.31. The molecule has 0 unspecified atom stereocenters. The summed E-state index contributed by atoms with van der Waals surface area (Å²) in [5.41, 5.74) is 1.83. The van der Waals surface area contributed by atoms with Crippen molar-refractivity contribution >= 4 is 23.4 Å². The number of aliphatic hydroxyl groups excluding tert-OH is 1. The second-order valence-corrected chi connectivity index (χ2v) is 8.17. The molecule has 0 spiro atoms. The lowest BCUT2D eigenvalue weighted by molar-refractivity contribution is -0.0186. The molecule has 0 saturated carbocycles. The first-order valence-electron chi connectivity index (χ1n) is 8.04. The van der Waals surface area contributed by atoms with Gasteiger partial charge in [-0.1, -0.05) is 11.6 Å². The van der Waals surface area contributed by atoms with Crippen LogP contribution in [-0.4, -0.2) is 27.9 Å². The fraction of sp³-hybridized carbons (Fsp3) is 0.368. The SMILES string of the molecule is CC1(C)Cc2cc(Cl)cc(COc3ccc(SCC(O)O)cc3)c2O1. The third-order valence-corrected chi connectivity index (χ3v) is 5.11. The van der Waals surface area contributed by atoms with Crippen molar-refractivity contribution in [2.45, 2.75) is 43.7 Å². The fourth-order valence-electron chi connectivity index (χ4n) is 2.82. The van der Waals surface area contributed by atoms with E-state index in [1.807, 2.05) is 36.4 Å². The molecule has 1 aliphatic rings. The standard InChI is InChI=1S/C19H21ClO4S/c1-19(2)9-12-7-14(20)8-13(18(12)24-19)10-23-15-3-5-16(6-4-15)25-11-17(21)22/h3-8,17,21-22H,9-11H2,1-2H3. The Bertz CT molecular complexity index is 744. The van der Waals surface area contributed by atoms with Gasteiger partial charge < -0.3 is 19.7 Å². The van der Waals surface area contributed by atoms with E-state index in [-0.39, 0.29) is 11.4 Å². The molecule has 3 rings (SSSR count). The zero-order chi connectivity index (χ0) is 18.0. The third kappa shape index (κ3) is 4.82. The highest BCUT2D eigenvalue weighted by atomic mass is 35.5. The number of ether oxygens (including phenoxy) is 2. The molecule has 0 bridgehead atoms. The van der Waals surface area contributed by atoms with Gasteiger partial charge in [0.15, 0.2) is 6.29 Å². The second-order valence-electron chi connectivity index (χ2n) is 6.64. The minimum absolute atomic E-state index is 0.224. The fourth-order valence-corrected chi connectivity index (χ4v) is 3.75. The molecule has 2 aromatic carbocycles. The van der Waals surface area contributed by atoms with E-state index in [1.54, 1.807) is 0 Å². The molecule has 1 heterocycles. The zero-order valence-electron chi connectivity index (χ0n) is 14.2. The smallest absolute Gasteiger partial charge is 0.160 e.